The largest absolute Gasteiger partial charge is 0.468 e. The Balaban J connectivity index is 1.50. The summed E-state index contributed by atoms with van der Waals surface area (Å²) >= 11 is 0. The van der Waals surface area contributed by atoms with Gasteiger partial charge < -0.3 is 9.73 Å². The highest BCUT2D eigenvalue weighted by molar-refractivity contribution is 7.92. The molecule has 0 saturated carbocycles. The van der Waals surface area contributed by atoms with Gasteiger partial charge in [0.2, 0.25) is 0 Å². The van der Waals surface area contributed by atoms with Gasteiger partial charge in [-0.2, -0.15) is 0 Å². The number of carbonyl (C=O) groups excluding carboxylic acids is 1. The van der Waals surface area contributed by atoms with Crippen molar-refractivity contribution < 1.29 is 22.0 Å². The van der Waals surface area contributed by atoms with E-state index in [1.54, 1.807) is 19.3 Å². The van der Waals surface area contributed by atoms with E-state index in [4.69, 9.17) is 4.42 Å². The molecule has 4 rings (SSSR count). The topological polar surface area (TPSA) is 91.6 Å². The van der Waals surface area contributed by atoms with Crippen molar-refractivity contribution in [3.05, 3.63) is 83.6 Å². The fraction of sp³-hybridized carbons (Fsp3) is 0.320. The van der Waals surface area contributed by atoms with Crippen LogP contribution in [0.5, 0.6) is 0 Å². The molecule has 0 spiro atoms. The van der Waals surface area contributed by atoms with E-state index in [-0.39, 0.29) is 28.1 Å². The summed E-state index contributed by atoms with van der Waals surface area (Å²) in [5, 5.41) is 2.96. The van der Waals surface area contributed by atoms with Gasteiger partial charge in [-0.1, -0.05) is 12.5 Å². The third-order valence-electron chi connectivity index (χ3n) is 6.02. The highest BCUT2D eigenvalue weighted by Crippen LogP contribution is 2.25. The first kappa shape index (κ1) is 24.0. The van der Waals surface area contributed by atoms with Crippen molar-refractivity contribution >= 4 is 21.6 Å². The number of aryl methyl sites for hydroxylation is 1. The van der Waals surface area contributed by atoms with Crippen LogP contribution in [0.3, 0.4) is 0 Å². The lowest BCUT2D eigenvalue weighted by Crippen LogP contribution is -2.40. The molecule has 1 saturated heterocycles. The molecule has 0 bridgehead atoms. The van der Waals surface area contributed by atoms with Gasteiger partial charge >= 0.3 is 0 Å². The molecule has 1 unspecified atom stereocenters. The zero-order chi connectivity index (χ0) is 24.1. The van der Waals surface area contributed by atoms with E-state index in [0.717, 1.165) is 31.7 Å². The van der Waals surface area contributed by atoms with E-state index in [9.17, 15) is 17.6 Å². The van der Waals surface area contributed by atoms with Gasteiger partial charge in [0.1, 0.15) is 11.6 Å². The molecule has 0 aliphatic carbocycles. The number of hydrogen-bond acceptors (Lipinski definition) is 5. The Morgan fingerprint density at radius 3 is 2.50 bits per heavy atom. The van der Waals surface area contributed by atoms with Crippen molar-refractivity contribution in [1.29, 1.82) is 0 Å². The minimum absolute atomic E-state index is 0.0498. The summed E-state index contributed by atoms with van der Waals surface area (Å²) in [6.45, 7) is 3.97. The molecular weight excluding hydrogens is 457 g/mol. The summed E-state index contributed by atoms with van der Waals surface area (Å²) in [4.78, 5) is 15.3. The van der Waals surface area contributed by atoms with E-state index in [1.165, 1.54) is 42.8 Å². The summed E-state index contributed by atoms with van der Waals surface area (Å²) in [5.74, 6) is -0.0294. The van der Waals surface area contributed by atoms with E-state index in [2.05, 4.69) is 14.9 Å². The molecule has 3 aromatic rings. The molecule has 180 valence electrons. The second-order valence-electron chi connectivity index (χ2n) is 8.43. The zero-order valence-corrected chi connectivity index (χ0v) is 19.8. The minimum Gasteiger partial charge on any atom is -0.468 e. The number of nitrogens with one attached hydrogen (secondary N) is 2. The van der Waals surface area contributed by atoms with Gasteiger partial charge in [0, 0.05) is 17.8 Å². The molecule has 1 fully saturated rings. The maximum atomic E-state index is 13.1. The highest BCUT2D eigenvalue weighted by Gasteiger charge is 2.26. The van der Waals surface area contributed by atoms with E-state index in [0.29, 0.717) is 12.1 Å². The van der Waals surface area contributed by atoms with Crippen molar-refractivity contribution in [3.8, 4) is 0 Å². The number of hydrogen-bond donors (Lipinski definition) is 2. The van der Waals surface area contributed by atoms with Crippen LogP contribution in [0.2, 0.25) is 0 Å². The SMILES string of the molecule is Cc1ccc(S(=O)(=O)Nc2ccc(F)cc2)cc1C(=O)NCC(c1ccco1)N1CCCCC1. The number of sulfonamides is 1. The monoisotopic (exact) mass is 485 g/mol. The van der Waals surface area contributed by atoms with Crippen LogP contribution in [-0.2, 0) is 10.0 Å². The summed E-state index contributed by atoms with van der Waals surface area (Å²) in [6.07, 6.45) is 5.03. The van der Waals surface area contributed by atoms with Crippen molar-refractivity contribution in [2.45, 2.75) is 37.1 Å². The second kappa shape index (κ2) is 10.4. The molecule has 1 atom stereocenters. The lowest BCUT2D eigenvalue weighted by Gasteiger charge is -2.33. The third kappa shape index (κ3) is 5.66. The average molecular weight is 486 g/mol. The lowest BCUT2D eigenvalue weighted by atomic mass is 10.1. The molecule has 1 aliphatic heterocycles. The van der Waals surface area contributed by atoms with E-state index in [1.807, 2.05) is 12.1 Å². The number of nitrogens with zero attached hydrogens (tertiary/aromatic N) is 1. The second-order valence-corrected chi connectivity index (χ2v) is 10.1. The predicted molar refractivity (Wildman–Crippen MR) is 128 cm³/mol. The molecular formula is C25H28FN3O4S. The average Bonchev–Trinajstić information content (AvgIpc) is 3.36. The third-order valence-corrected chi connectivity index (χ3v) is 7.40. The number of halogens is 1. The molecule has 2 N–H and O–H groups in total. The number of likely N-dealkylation sites (tertiary alicyclic amines) is 1. The maximum absolute atomic E-state index is 13.1. The van der Waals surface area contributed by atoms with Crippen LogP contribution < -0.4 is 10.0 Å². The first-order valence-electron chi connectivity index (χ1n) is 11.3. The molecule has 34 heavy (non-hydrogen) atoms. The fourth-order valence-electron chi connectivity index (χ4n) is 4.15. The number of amides is 1. The summed E-state index contributed by atoms with van der Waals surface area (Å²) in [6, 6.07) is 13.1. The molecule has 0 radical (unpaired) electrons. The first-order chi connectivity index (χ1) is 16.3. The molecule has 2 heterocycles. The number of carbonyl (C=O) groups is 1. The number of rotatable bonds is 8. The van der Waals surface area contributed by atoms with Crippen LogP contribution in [-0.4, -0.2) is 38.9 Å². The molecule has 2 aromatic carbocycles. The normalized spacial score (nSPS) is 15.6. The molecule has 1 aliphatic rings. The molecule has 1 aromatic heterocycles. The highest BCUT2D eigenvalue weighted by atomic mass is 32.2. The van der Waals surface area contributed by atoms with Crippen molar-refractivity contribution in [2.75, 3.05) is 24.4 Å². The molecule has 1 amide bonds. The number of piperidine rings is 1. The van der Waals surface area contributed by atoms with Gasteiger partial charge in [0.25, 0.3) is 15.9 Å². The van der Waals surface area contributed by atoms with Crippen molar-refractivity contribution in [2.24, 2.45) is 0 Å². The minimum atomic E-state index is -3.96. The summed E-state index contributed by atoms with van der Waals surface area (Å²) in [5.41, 5.74) is 1.17. The van der Waals surface area contributed by atoms with Gasteiger partial charge in [-0.05, 0) is 86.9 Å². The Morgan fingerprint density at radius 1 is 1.09 bits per heavy atom. The fourth-order valence-corrected chi connectivity index (χ4v) is 5.23. The Hall–Kier alpha value is -3.17. The van der Waals surface area contributed by atoms with Gasteiger partial charge in [-0.25, -0.2) is 12.8 Å². The van der Waals surface area contributed by atoms with Crippen LogP contribution in [0.25, 0.3) is 0 Å². The van der Waals surface area contributed by atoms with Crippen LogP contribution in [0.15, 0.2) is 70.2 Å². The first-order valence-corrected chi connectivity index (χ1v) is 12.8. The summed E-state index contributed by atoms with van der Waals surface area (Å²) in [7, 11) is -3.96. The number of furan rings is 1. The van der Waals surface area contributed by atoms with E-state index < -0.39 is 15.8 Å². The predicted octanol–water partition coefficient (Wildman–Crippen LogP) is 4.48. The zero-order valence-electron chi connectivity index (χ0n) is 19.0. The van der Waals surface area contributed by atoms with Gasteiger partial charge in [-0.3, -0.25) is 14.4 Å². The van der Waals surface area contributed by atoms with Crippen LogP contribution >= 0.6 is 0 Å². The smallest absolute Gasteiger partial charge is 0.261 e. The van der Waals surface area contributed by atoms with Gasteiger partial charge in [-0.15, -0.1) is 0 Å². The Morgan fingerprint density at radius 2 is 1.82 bits per heavy atom. The lowest BCUT2D eigenvalue weighted by molar-refractivity contribution is 0.0913. The molecule has 7 nitrogen and oxygen atoms in total. The van der Waals surface area contributed by atoms with Gasteiger partial charge in [0.05, 0.1) is 17.2 Å². The van der Waals surface area contributed by atoms with Crippen molar-refractivity contribution in [1.82, 2.24) is 10.2 Å². The number of anilines is 1. The van der Waals surface area contributed by atoms with Crippen LogP contribution in [0, 0.1) is 12.7 Å². The molecule has 9 heteroatoms. The Labute approximate surface area is 199 Å². The van der Waals surface area contributed by atoms with Crippen LogP contribution in [0.4, 0.5) is 10.1 Å². The Bertz CT molecular complexity index is 1220. The van der Waals surface area contributed by atoms with Crippen LogP contribution in [0.1, 0.15) is 47.0 Å². The Kier molecular flexibility index (Phi) is 7.33. The maximum Gasteiger partial charge on any atom is 0.261 e. The van der Waals surface area contributed by atoms with Crippen molar-refractivity contribution in [3.63, 3.8) is 0 Å². The summed E-state index contributed by atoms with van der Waals surface area (Å²) < 4.78 is 46.9. The van der Waals surface area contributed by atoms with Gasteiger partial charge in [0.15, 0.2) is 0 Å². The van der Waals surface area contributed by atoms with E-state index >= 15 is 0 Å². The number of benzene rings is 2. The standard InChI is InChI=1S/C25H28FN3O4S/c1-18-7-12-21(34(31,32)28-20-10-8-19(26)9-11-20)16-22(18)25(30)27-17-23(24-6-5-15-33-24)29-13-3-2-4-14-29/h5-12,15-16,23,28H,2-4,13-14,17H2,1H3,(H,27,30). The quantitative estimate of drug-likeness (QED) is 0.491.